The van der Waals surface area contributed by atoms with Crippen LogP contribution in [0.25, 0.3) is 0 Å². The van der Waals surface area contributed by atoms with Gasteiger partial charge in [0.15, 0.2) is 0 Å². The van der Waals surface area contributed by atoms with E-state index in [-0.39, 0.29) is 15.5 Å². The van der Waals surface area contributed by atoms with E-state index in [1.165, 1.54) is 0 Å². The van der Waals surface area contributed by atoms with E-state index in [2.05, 4.69) is 0 Å². The number of rotatable bonds is 2. The Hall–Kier alpha value is -1.16. The quantitative estimate of drug-likeness (QED) is 0.551. The lowest BCUT2D eigenvalue weighted by Gasteiger charge is -2.04. The van der Waals surface area contributed by atoms with E-state index in [1.807, 2.05) is 0 Å². The molecule has 0 saturated carbocycles. The molecule has 1 aromatic rings. The van der Waals surface area contributed by atoms with Gasteiger partial charge in [0.25, 0.3) is 0 Å². The Kier molecular flexibility index (Phi) is 2.74. The third-order valence-corrected chi connectivity index (χ3v) is 3.51. The van der Waals surface area contributed by atoms with Crippen LogP contribution in [0.5, 0.6) is 0 Å². The van der Waals surface area contributed by atoms with Crippen LogP contribution in [-0.4, -0.2) is 16.8 Å². The third-order valence-electron chi connectivity index (χ3n) is 1.62. The van der Waals surface area contributed by atoms with Crippen LogP contribution in [0.2, 0.25) is 0 Å². The van der Waals surface area contributed by atoms with Crippen molar-refractivity contribution in [2.75, 3.05) is 5.73 Å². The molecular weight excluding hydrogens is 242 g/mol. The first-order valence-corrected chi connectivity index (χ1v) is 6.67. The Labute approximate surface area is 87.0 Å². The van der Waals surface area contributed by atoms with Gasteiger partial charge in [0.05, 0.1) is 10.6 Å². The normalized spacial score (nSPS) is 12.7. The molecule has 0 aliphatic heterocycles. The predicted octanol–water partition coefficient (Wildman–Crippen LogP) is -1.44. The van der Waals surface area contributed by atoms with E-state index in [4.69, 9.17) is 16.0 Å². The molecular formula is C6H9N3O4S2. The molecule has 0 aromatic heterocycles. The van der Waals surface area contributed by atoms with Crippen LogP contribution < -0.4 is 16.0 Å². The fourth-order valence-electron chi connectivity index (χ4n) is 0.963. The lowest BCUT2D eigenvalue weighted by Crippen LogP contribution is -2.16. The Balaban J connectivity index is 3.47. The van der Waals surface area contributed by atoms with E-state index in [1.54, 1.807) is 0 Å². The molecule has 0 spiro atoms. The van der Waals surface area contributed by atoms with Gasteiger partial charge in [-0.1, -0.05) is 0 Å². The molecule has 0 aliphatic carbocycles. The molecule has 0 aliphatic rings. The number of anilines is 1. The summed E-state index contributed by atoms with van der Waals surface area (Å²) in [6.07, 6.45) is 0. The zero-order chi connectivity index (χ0) is 11.9. The van der Waals surface area contributed by atoms with Gasteiger partial charge in [0.2, 0.25) is 20.0 Å². The van der Waals surface area contributed by atoms with E-state index < -0.39 is 20.0 Å². The lowest BCUT2D eigenvalue weighted by atomic mass is 10.3. The molecule has 0 heterocycles. The highest BCUT2D eigenvalue weighted by atomic mass is 32.2. The molecule has 0 atom stereocenters. The fourth-order valence-corrected chi connectivity index (χ4v) is 2.16. The second kappa shape index (κ2) is 3.45. The number of nitrogens with two attached hydrogens (primary N) is 3. The van der Waals surface area contributed by atoms with Crippen molar-refractivity contribution in [1.29, 1.82) is 0 Å². The number of sulfonamides is 2. The van der Waals surface area contributed by atoms with E-state index in [0.717, 1.165) is 18.2 Å². The Bertz CT molecular complexity index is 591. The second-order valence-corrected chi connectivity index (χ2v) is 5.88. The van der Waals surface area contributed by atoms with Crippen molar-refractivity contribution in [2.45, 2.75) is 9.79 Å². The largest absolute Gasteiger partial charge is 0.398 e. The molecule has 15 heavy (non-hydrogen) atoms. The van der Waals surface area contributed by atoms with Crippen molar-refractivity contribution >= 4 is 25.7 Å². The first-order chi connectivity index (χ1) is 6.62. The predicted molar refractivity (Wildman–Crippen MR) is 53.6 cm³/mol. The summed E-state index contributed by atoms with van der Waals surface area (Å²) in [6.45, 7) is 0. The maximum atomic E-state index is 10.9. The van der Waals surface area contributed by atoms with Gasteiger partial charge in [-0.15, -0.1) is 0 Å². The zero-order valence-electron chi connectivity index (χ0n) is 7.41. The first kappa shape index (κ1) is 11.9. The molecule has 0 amide bonds. The number of primary sulfonamides is 2. The summed E-state index contributed by atoms with van der Waals surface area (Å²) in [5, 5.41) is 9.65. The molecule has 0 radical (unpaired) electrons. The van der Waals surface area contributed by atoms with E-state index in [9.17, 15) is 16.8 Å². The number of hydrogen-bond donors (Lipinski definition) is 3. The van der Waals surface area contributed by atoms with Crippen LogP contribution in [0.4, 0.5) is 5.69 Å². The molecule has 0 saturated heterocycles. The Morgan fingerprint density at radius 1 is 0.933 bits per heavy atom. The SMILES string of the molecule is Nc1cc(S(N)(=O)=O)ccc1S(N)(=O)=O. The first-order valence-electron chi connectivity index (χ1n) is 3.57. The van der Waals surface area contributed by atoms with Gasteiger partial charge in [-0.3, -0.25) is 0 Å². The standard InChI is InChI=1S/C6H9N3O4S2/c7-5-3-4(14(8,10)11)1-2-6(5)15(9,12)13/h1-3H,7H2,(H2,8,10,11)(H2,9,12,13). The molecule has 0 fully saturated rings. The highest BCUT2D eigenvalue weighted by Gasteiger charge is 2.15. The third kappa shape index (κ3) is 2.65. The van der Waals surface area contributed by atoms with Crippen LogP contribution >= 0.6 is 0 Å². The van der Waals surface area contributed by atoms with Gasteiger partial charge in [0, 0.05) is 0 Å². The number of nitrogen functional groups attached to an aromatic ring is 1. The van der Waals surface area contributed by atoms with E-state index in [0.29, 0.717) is 0 Å². The van der Waals surface area contributed by atoms with Crippen LogP contribution in [-0.2, 0) is 20.0 Å². The van der Waals surface area contributed by atoms with Gasteiger partial charge in [-0.25, -0.2) is 27.1 Å². The minimum Gasteiger partial charge on any atom is -0.398 e. The topological polar surface area (TPSA) is 146 Å². The average Bonchev–Trinajstić information content (AvgIpc) is 1.99. The summed E-state index contributed by atoms with van der Waals surface area (Å²) < 4.78 is 43.6. The highest BCUT2D eigenvalue weighted by Crippen LogP contribution is 2.20. The summed E-state index contributed by atoms with van der Waals surface area (Å²) in [5.41, 5.74) is 5.06. The molecule has 0 unspecified atom stereocenters. The van der Waals surface area contributed by atoms with Crippen molar-refractivity contribution in [3.05, 3.63) is 18.2 Å². The van der Waals surface area contributed by atoms with Crippen molar-refractivity contribution in [3.63, 3.8) is 0 Å². The summed E-state index contributed by atoms with van der Waals surface area (Å²) in [5.74, 6) is 0. The smallest absolute Gasteiger partial charge is 0.240 e. The van der Waals surface area contributed by atoms with Gasteiger partial charge in [-0.05, 0) is 18.2 Å². The molecule has 1 aromatic carbocycles. The molecule has 9 heteroatoms. The van der Waals surface area contributed by atoms with Crippen LogP contribution in [0.15, 0.2) is 28.0 Å². The van der Waals surface area contributed by atoms with Crippen LogP contribution in [0.3, 0.4) is 0 Å². The maximum Gasteiger partial charge on any atom is 0.240 e. The van der Waals surface area contributed by atoms with Crippen molar-refractivity contribution in [1.82, 2.24) is 0 Å². The van der Waals surface area contributed by atoms with E-state index >= 15 is 0 Å². The number of benzene rings is 1. The minimum atomic E-state index is -3.96. The molecule has 7 nitrogen and oxygen atoms in total. The minimum absolute atomic E-state index is 0.260. The highest BCUT2D eigenvalue weighted by molar-refractivity contribution is 7.89. The molecule has 0 bridgehead atoms. The van der Waals surface area contributed by atoms with Gasteiger partial charge < -0.3 is 5.73 Å². The summed E-state index contributed by atoms with van der Waals surface area (Å²) in [6, 6.07) is 2.95. The molecule has 6 N–H and O–H groups in total. The Morgan fingerprint density at radius 2 is 1.47 bits per heavy atom. The second-order valence-electron chi connectivity index (χ2n) is 2.79. The average molecular weight is 251 g/mol. The Morgan fingerprint density at radius 3 is 1.80 bits per heavy atom. The van der Waals surface area contributed by atoms with Crippen LogP contribution in [0, 0.1) is 0 Å². The van der Waals surface area contributed by atoms with Gasteiger partial charge in [0.1, 0.15) is 4.90 Å². The maximum absolute atomic E-state index is 10.9. The number of hydrogen-bond acceptors (Lipinski definition) is 5. The fraction of sp³-hybridized carbons (Fsp3) is 0. The van der Waals surface area contributed by atoms with Crippen molar-refractivity contribution in [3.8, 4) is 0 Å². The van der Waals surface area contributed by atoms with Crippen molar-refractivity contribution in [2.24, 2.45) is 10.3 Å². The van der Waals surface area contributed by atoms with Crippen molar-refractivity contribution < 1.29 is 16.8 Å². The summed E-state index contributed by atoms with van der Waals surface area (Å²) in [4.78, 5) is -0.609. The molecule has 84 valence electrons. The zero-order valence-corrected chi connectivity index (χ0v) is 9.05. The van der Waals surface area contributed by atoms with Crippen LogP contribution in [0.1, 0.15) is 0 Å². The lowest BCUT2D eigenvalue weighted by molar-refractivity contribution is 0.594. The van der Waals surface area contributed by atoms with Gasteiger partial charge in [-0.2, -0.15) is 0 Å². The molecule has 1 rings (SSSR count). The summed E-state index contributed by atoms with van der Waals surface area (Å²) in [7, 11) is -7.86. The van der Waals surface area contributed by atoms with Gasteiger partial charge >= 0.3 is 0 Å². The summed E-state index contributed by atoms with van der Waals surface area (Å²) >= 11 is 0. The monoisotopic (exact) mass is 251 g/mol.